The summed E-state index contributed by atoms with van der Waals surface area (Å²) < 4.78 is 0. The summed E-state index contributed by atoms with van der Waals surface area (Å²) in [4.78, 5) is 0. The van der Waals surface area contributed by atoms with Crippen molar-refractivity contribution < 1.29 is 0 Å². The van der Waals surface area contributed by atoms with E-state index in [1.165, 1.54) is 5.54 Å². The van der Waals surface area contributed by atoms with Crippen LogP contribution in [0.1, 0.15) is 11.1 Å². The van der Waals surface area contributed by atoms with Crippen LogP contribution in [-0.4, -0.2) is 0 Å². The third-order valence-electron chi connectivity index (χ3n) is 1.64. The summed E-state index contributed by atoms with van der Waals surface area (Å²) in [6, 6.07) is 8.02. The van der Waals surface area contributed by atoms with E-state index in [0.717, 1.165) is 11.1 Å². The Morgan fingerprint density at radius 2 is 1.40 bits per heavy atom. The lowest BCUT2D eigenvalue weighted by atomic mass is 10.1. The molecule has 0 saturated carbocycles. The average molecular weight is 219 g/mol. The van der Waals surface area contributed by atoms with Gasteiger partial charge in [0.2, 0.25) is 0 Å². The molecule has 0 atom stereocenters. The van der Waals surface area contributed by atoms with Crippen molar-refractivity contribution in [3.05, 3.63) is 72.8 Å². The molecule has 0 radical (unpaired) electrons. The van der Waals surface area contributed by atoms with E-state index >= 15 is 0 Å². The molecule has 0 nitrogen and oxygen atoms in total. The van der Waals surface area contributed by atoms with Gasteiger partial charge in [-0.3, -0.25) is 0 Å². The Labute approximate surface area is 96.9 Å². The second kappa shape index (κ2) is 9.04. The van der Waals surface area contributed by atoms with Gasteiger partial charge in [-0.2, -0.15) is 0 Å². The van der Waals surface area contributed by atoms with Crippen molar-refractivity contribution in [1.29, 1.82) is 0 Å². The van der Waals surface area contributed by atoms with Gasteiger partial charge in [0, 0.05) is 5.54 Å². The first-order valence-electron chi connectivity index (χ1n) is 4.51. The zero-order valence-electron chi connectivity index (χ0n) is 8.70. The summed E-state index contributed by atoms with van der Waals surface area (Å²) in [6.07, 6.45) is 6.93. The van der Waals surface area contributed by atoms with Crippen LogP contribution in [0.15, 0.2) is 61.7 Å². The molecule has 0 aliphatic heterocycles. The Kier molecular flexibility index (Phi) is 8.12. The van der Waals surface area contributed by atoms with Crippen LogP contribution in [0.5, 0.6) is 0 Å². The lowest BCUT2D eigenvalue weighted by Crippen LogP contribution is -1.76. The molecular weight excluding hydrogens is 204 g/mol. The topological polar surface area (TPSA) is 0 Å². The quantitative estimate of drug-likeness (QED) is 0.634. The minimum Gasteiger partial charge on any atom is -0.0990 e. The smallest absolute Gasteiger partial charge is 0.00422 e. The summed E-state index contributed by atoms with van der Waals surface area (Å²) in [5.41, 5.74) is 3.68. The highest BCUT2D eigenvalue weighted by Gasteiger charge is 1.89. The molecule has 0 aromatic heterocycles. The third kappa shape index (κ3) is 5.71. The largest absolute Gasteiger partial charge is 0.0990 e. The molecule has 1 heteroatoms. The van der Waals surface area contributed by atoms with Gasteiger partial charge < -0.3 is 0 Å². The second-order valence-electron chi connectivity index (χ2n) is 2.59. The molecule has 1 aromatic carbocycles. The van der Waals surface area contributed by atoms with Crippen molar-refractivity contribution >= 4 is 23.8 Å². The van der Waals surface area contributed by atoms with E-state index in [4.69, 9.17) is 11.6 Å². The Hall–Kier alpha value is -1.53. The summed E-state index contributed by atoms with van der Waals surface area (Å²) >= 11 is 5.05. The van der Waals surface area contributed by atoms with Gasteiger partial charge in [0.25, 0.3) is 0 Å². The molecule has 0 aliphatic carbocycles. The van der Waals surface area contributed by atoms with Crippen LogP contribution in [0, 0.1) is 0 Å². The highest BCUT2D eigenvalue weighted by atomic mass is 35.5. The Balaban J connectivity index is 0.000000336. The SMILES string of the molecule is C=CC=CCl.C=Cc1ccccc1C=C. The van der Waals surface area contributed by atoms with Crippen LogP contribution >= 0.6 is 11.6 Å². The molecule has 1 aromatic rings. The Morgan fingerprint density at radius 1 is 0.933 bits per heavy atom. The minimum absolute atomic E-state index is 1.14. The van der Waals surface area contributed by atoms with Gasteiger partial charge in [0.15, 0.2) is 0 Å². The van der Waals surface area contributed by atoms with Crippen molar-refractivity contribution in [3.63, 3.8) is 0 Å². The number of hydrogen-bond acceptors (Lipinski definition) is 0. The monoisotopic (exact) mass is 218 g/mol. The normalized spacial score (nSPS) is 8.87. The summed E-state index contributed by atoms with van der Waals surface area (Å²) in [6.45, 7) is 10.8. The number of rotatable bonds is 3. The van der Waals surface area contributed by atoms with Crippen molar-refractivity contribution in [2.45, 2.75) is 0 Å². The zero-order chi connectivity index (χ0) is 11.5. The first-order chi connectivity index (χ1) is 7.29. The van der Waals surface area contributed by atoms with Crippen LogP contribution < -0.4 is 0 Å². The molecule has 0 amide bonds. The average Bonchev–Trinajstić information content (AvgIpc) is 2.31. The molecule has 0 spiro atoms. The van der Waals surface area contributed by atoms with Gasteiger partial charge in [-0.25, -0.2) is 0 Å². The van der Waals surface area contributed by atoms with Crippen LogP contribution in [0.2, 0.25) is 0 Å². The molecule has 0 bridgehead atoms. The van der Waals surface area contributed by atoms with E-state index in [2.05, 4.69) is 19.7 Å². The summed E-state index contributed by atoms with van der Waals surface area (Å²) in [7, 11) is 0. The molecule has 0 fully saturated rings. The van der Waals surface area contributed by atoms with Crippen molar-refractivity contribution in [3.8, 4) is 0 Å². The van der Waals surface area contributed by atoms with E-state index in [-0.39, 0.29) is 0 Å². The van der Waals surface area contributed by atoms with E-state index in [0.29, 0.717) is 0 Å². The number of allylic oxidation sites excluding steroid dienone is 2. The molecule has 0 saturated heterocycles. The van der Waals surface area contributed by atoms with E-state index in [1.54, 1.807) is 12.2 Å². The maximum absolute atomic E-state index is 5.05. The standard InChI is InChI=1S/C10H10.C4H5Cl/c1-3-9-7-5-6-8-10(9)4-2;1-2-3-4-5/h3-8H,1-2H2;2-4H,1H2. The third-order valence-corrected chi connectivity index (χ3v) is 1.79. The van der Waals surface area contributed by atoms with Crippen LogP contribution in [0.25, 0.3) is 12.2 Å². The highest BCUT2D eigenvalue weighted by molar-refractivity contribution is 6.25. The summed E-state index contributed by atoms with van der Waals surface area (Å²) in [5, 5.41) is 0. The number of halogens is 1. The predicted octanol–water partition coefficient (Wildman–Crippen LogP) is 4.90. The van der Waals surface area contributed by atoms with Crippen LogP contribution in [-0.2, 0) is 0 Å². The fourth-order valence-corrected chi connectivity index (χ4v) is 1.04. The maximum atomic E-state index is 5.05. The summed E-state index contributed by atoms with van der Waals surface area (Å²) in [5.74, 6) is 0. The highest BCUT2D eigenvalue weighted by Crippen LogP contribution is 2.10. The van der Waals surface area contributed by atoms with Gasteiger partial charge in [0.1, 0.15) is 0 Å². The fourth-order valence-electron chi connectivity index (χ4n) is 0.934. The second-order valence-corrected chi connectivity index (χ2v) is 2.84. The van der Waals surface area contributed by atoms with Crippen molar-refractivity contribution in [2.24, 2.45) is 0 Å². The predicted molar refractivity (Wildman–Crippen MR) is 71.8 cm³/mol. The van der Waals surface area contributed by atoms with Gasteiger partial charge in [0.05, 0.1) is 0 Å². The lowest BCUT2D eigenvalue weighted by Gasteiger charge is -1.96. The molecule has 0 unspecified atom stereocenters. The molecule has 1 rings (SSSR count). The van der Waals surface area contributed by atoms with Gasteiger partial charge in [-0.05, 0) is 11.1 Å². The molecule has 0 N–H and O–H groups in total. The first kappa shape index (κ1) is 13.5. The lowest BCUT2D eigenvalue weighted by molar-refractivity contribution is 1.62. The van der Waals surface area contributed by atoms with Crippen molar-refractivity contribution in [2.75, 3.05) is 0 Å². The Morgan fingerprint density at radius 3 is 1.60 bits per heavy atom. The van der Waals surface area contributed by atoms with E-state index < -0.39 is 0 Å². The molecule has 0 heterocycles. The minimum atomic E-state index is 1.14. The number of hydrogen-bond donors (Lipinski definition) is 0. The molecule has 0 aliphatic rings. The molecule has 78 valence electrons. The molecule has 15 heavy (non-hydrogen) atoms. The fraction of sp³-hybridized carbons (Fsp3) is 0. The van der Waals surface area contributed by atoms with Crippen LogP contribution in [0.4, 0.5) is 0 Å². The van der Waals surface area contributed by atoms with E-state index in [1.807, 2.05) is 36.4 Å². The van der Waals surface area contributed by atoms with Gasteiger partial charge in [-0.15, -0.1) is 0 Å². The first-order valence-corrected chi connectivity index (χ1v) is 4.95. The van der Waals surface area contributed by atoms with E-state index in [9.17, 15) is 0 Å². The number of benzene rings is 1. The van der Waals surface area contributed by atoms with Gasteiger partial charge >= 0.3 is 0 Å². The zero-order valence-corrected chi connectivity index (χ0v) is 9.45. The maximum Gasteiger partial charge on any atom is 0.00422 e. The van der Waals surface area contributed by atoms with Gasteiger partial charge in [-0.1, -0.05) is 79.9 Å². The Bertz CT molecular complexity index is 321. The van der Waals surface area contributed by atoms with Crippen molar-refractivity contribution in [1.82, 2.24) is 0 Å². The molecular formula is C14H15Cl. The van der Waals surface area contributed by atoms with Crippen LogP contribution in [0.3, 0.4) is 0 Å².